The Bertz CT molecular complexity index is 1130. The summed E-state index contributed by atoms with van der Waals surface area (Å²) in [6.45, 7) is 2.26. The number of nitrogens with one attached hydrogen (secondary N) is 1. The fraction of sp³-hybridized carbons (Fsp3) is 0.158. The van der Waals surface area contributed by atoms with Gasteiger partial charge in [-0.1, -0.05) is 35.9 Å². The van der Waals surface area contributed by atoms with Crippen LogP contribution in [0.25, 0.3) is 0 Å². The molecule has 1 heterocycles. The number of esters is 1. The summed E-state index contributed by atoms with van der Waals surface area (Å²) in [6.07, 6.45) is 0. The molecule has 0 fully saturated rings. The van der Waals surface area contributed by atoms with Crippen LogP contribution in [0.3, 0.4) is 0 Å². The molecule has 1 N–H and O–H groups in total. The summed E-state index contributed by atoms with van der Waals surface area (Å²) in [7, 11) is -4.18. The van der Waals surface area contributed by atoms with Crippen LogP contribution in [0.2, 0.25) is 5.02 Å². The van der Waals surface area contributed by atoms with E-state index in [0.717, 1.165) is 13.0 Å². The number of carbonyl (C=O) groups excluding carboxylic acids is 2. The van der Waals surface area contributed by atoms with Crippen LogP contribution in [0.1, 0.15) is 19.4 Å². The third-order valence-corrected chi connectivity index (χ3v) is 5.71. The van der Waals surface area contributed by atoms with E-state index in [9.17, 15) is 22.4 Å². The Morgan fingerprint density at radius 1 is 1.21 bits per heavy atom. The zero-order valence-corrected chi connectivity index (χ0v) is 16.8. The van der Waals surface area contributed by atoms with Gasteiger partial charge in [0, 0.05) is 17.5 Å². The van der Waals surface area contributed by atoms with E-state index in [-0.39, 0.29) is 15.5 Å². The molecule has 1 atom stereocenters. The lowest BCUT2D eigenvalue weighted by molar-refractivity contribution is -0.142. The van der Waals surface area contributed by atoms with Crippen molar-refractivity contribution in [3.05, 3.63) is 76.6 Å². The van der Waals surface area contributed by atoms with Crippen LogP contribution in [0.5, 0.6) is 0 Å². The summed E-state index contributed by atoms with van der Waals surface area (Å²) >= 11 is 5.75. The Morgan fingerprint density at radius 3 is 2.45 bits per heavy atom. The molecular formula is C19H15ClFNO6S. The molecule has 2 aromatic carbocycles. The molecule has 2 aromatic rings. The Morgan fingerprint density at radius 2 is 1.86 bits per heavy atom. The van der Waals surface area contributed by atoms with E-state index in [2.05, 4.69) is 4.72 Å². The molecule has 0 spiro atoms. The number of benzene rings is 2. The van der Waals surface area contributed by atoms with Gasteiger partial charge in [0.25, 0.3) is 21.7 Å². The molecule has 29 heavy (non-hydrogen) atoms. The Labute approximate surface area is 171 Å². The van der Waals surface area contributed by atoms with Crippen LogP contribution in [-0.4, -0.2) is 20.2 Å². The molecule has 0 saturated heterocycles. The van der Waals surface area contributed by atoms with Crippen molar-refractivity contribution in [2.75, 3.05) is 0 Å². The van der Waals surface area contributed by atoms with Crippen molar-refractivity contribution in [2.24, 2.45) is 0 Å². The number of hydrogen-bond donors (Lipinski definition) is 1. The van der Waals surface area contributed by atoms with Crippen molar-refractivity contribution in [1.82, 2.24) is 4.72 Å². The molecule has 0 bridgehead atoms. The van der Waals surface area contributed by atoms with Crippen LogP contribution in [0.15, 0.2) is 65.1 Å². The molecule has 3 rings (SSSR count). The summed E-state index contributed by atoms with van der Waals surface area (Å²) < 4.78 is 52.2. The lowest BCUT2D eigenvalue weighted by Crippen LogP contribution is -2.33. The van der Waals surface area contributed by atoms with Gasteiger partial charge in [0.2, 0.25) is 11.4 Å². The minimum atomic E-state index is -4.18. The van der Waals surface area contributed by atoms with Gasteiger partial charge in [-0.25, -0.2) is 17.5 Å². The average molecular weight is 440 g/mol. The van der Waals surface area contributed by atoms with Crippen molar-refractivity contribution in [1.29, 1.82) is 0 Å². The third kappa shape index (κ3) is 3.96. The lowest BCUT2D eigenvalue weighted by atomic mass is 9.91. The minimum Gasteiger partial charge on any atom is -0.456 e. The number of ether oxygens (including phenoxy) is 2. The zero-order valence-electron chi connectivity index (χ0n) is 15.2. The van der Waals surface area contributed by atoms with Crippen molar-refractivity contribution < 1.29 is 31.9 Å². The van der Waals surface area contributed by atoms with Gasteiger partial charge < -0.3 is 9.47 Å². The van der Waals surface area contributed by atoms with Gasteiger partial charge in [-0.2, -0.15) is 0 Å². The quantitative estimate of drug-likeness (QED) is 0.719. The van der Waals surface area contributed by atoms with E-state index in [1.165, 1.54) is 43.3 Å². The van der Waals surface area contributed by atoms with E-state index in [4.69, 9.17) is 21.1 Å². The van der Waals surface area contributed by atoms with E-state index in [1.807, 2.05) is 0 Å². The molecular weight excluding hydrogens is 425 g/mol. The van der Waals surface area contributed by atoms with Crippen LogP contribution in [0, 0.1) is 5.82 Å². The standard InChI is InChI=1S/C19H15ClFNO6S/c1-11(23)27-16-17(24)19(2,14-9-8-12(20)10-15(14)21)28-18(16)22-29(25,26)13-6-4-3-5-7-13/h3-10,22H,1-2H3. The van der Waals surface area contributed by atoms with Gasteiger partial charge in [0.05, 0.1) is 4.90 Å². The highest BCUT2D eigenvalue weighted by Gasteiger charge is 2.51. The molecule has 7 nitrogen and oxygen atoms in total. The predicted octanol–water partition coefficient (Wildman–Crippen LogP) is 3.00. The zero-order chi connectivity index (χ0) is 21.4. The van der Waals surface area contributed by atoms with Gasteiger partial charge in [0.15, 0.2) is 0 Å². The van der Waals surface area contributed by atoms with Crippen molar-refractivity contribution in [2.45, 2.75) is 24.3 Å². The topological polar surface area (TPSA) is 98.8 Å². The predicted molar refractivity (Wildman–Crippen MR) is 100 cm³/mol. The monoisotopic (exact) mass is 439 g/mol. The normalized spacial score (nSPS) is 19.1. The van der Waals surface area contributed by atoms with Gasteiger partial charge >= 0.3 is 5.97 Å². The van der Waals surface area contributed by atoms with E-state index >= 15 is 0 Å². The summed E-state index contributed by atoms with van der Waals surface area (Å²) in [5.41, 5.74) is -2.18. The van der Waals surface area contributed by atoms with Crippen LogP contribution < -0.4 is 4.72 Å². The first-order valence-corrected chi connectivity index (χ1v) is 10.1. The van der Waals surface area contributed by atoms with E-state index in [0.29, 0.717) is 0 Å². The minimum absolute atomic E-state index is 0.0958. The molecule has 152 valence electrons. The second-order valence-electron chi connectivity index (χ2n) is 6.26. The molecule has 0 saturated carbocycles. The van der Waals surface area contributed by atoms with Crippen LogP contribution in [0.4, 0.5) is 4.39 Å². The number of hydrogen-bond acceptors (Lipinski definition) is 6. The maximum Gasteiger partial charge on any atom is 0.308 e. The van der Waals surface area contributed by atoms with E-state index < -0.39 is 44.8 Å². The second-order valence-corrected chi connectivity index (χ2v) is 8.38. The summed E-state index contributed by atoms with van der Waals surface area (Å²) in [6, 6.07) is 10.8. The number of sulfonamides is 1. The largest absolute Gasteiger partial charge is 0.456 e. The van der Waals surface area contributed by atoms with Gasteiger partial charge in [-0.15, -0.1) is 0 Å². The second kappa shape index (κ2) is 7.49. The van der Waals surface area contributed by atoms with E-state index in [1.54, 1.807) is 6.07 Å². The van der Waals surface area contributed by atoms with Crippen molar-refractivity contribution >= 4 is 33.4 Å². The fourth-order valence-corrected chi connectivity index (χ4v) is 3.92. The third-order valence-electron chi connectivity index (χ3n) is 4.12. The van der Waals surface area contributed by atoms with Crippen LogP contribution in [-0.2, 0) is 34.7 Å². The Hall–Kier alpha value is -2.91. The molecule has 0 aliphatic carbocycles. The number of Topliss-reactive ketones (excluding diaryl/α,β-unsaturated/α-hetero) is 1. The first-order valence-electron chi connectivity index (χ1n) is 8.24. The molecule has 1 aliphatic rings. The smallest absolute Gasteiger partial charge is 0.308 e. The number of ketones is 1. The summed E-state index contributed by atoms with van der Waals surface area (Å²) in [4.78, 5) is 24.3. The SMILES string of the molecule is CC(=O)OC1=C(NS(=O)(=O)c2ccccc2)OC(C)(c2ccc(Cl)cc2F)C1=O. The fourth-order valence-electron chi connectivity index (χ4n) is 2.75. The molecule has 0 radical (unpaired) electrons. The summed E-state index contributed by atoms with van der Waals surface area (Å²) in [5, 5.41) is 0.0958. The molecule has 0 aromatic heterocycles. The highest BCUT2D eigenvalue weighted by Crippen LogP contribution is 2.40. The molecule has 1 aliphatic heterocycles. The number of rotatable bonds is 5. The van der Waals surface area contributed by atoms with Crippen molar-refractivity contribution in [3.8, 4) is 0 Å². The van der Waals surface area contributed by atoms with Gasteiger partial charge in [-0.3, -0.25) is 9.59 Å². The number of carbonyl (C=O) groups is 2. The average Bonchev–Trinajstić information content (AvgIpc) is 2.86. The molecule has 0 amide bonds. The van der Waals surface area contributed by atoms with Crippen LogP contribution >= 0.6 is 11.6 Å². The first-order chi connectivity index (χ1) is 13.5. The van der Waals surface area contributed by atoms with Crippen molar-refractivity contribution in [3.63, 3.8) is 0 Å². The Balaban J connectivity index is 2.05. The maximum absolute atomic E-state index is 14.5. The van der Waals surface area contributed by atoms with Gasteiger partial charge in [-0.05, 0) is 31.2 Å². The highest BCUT2D eigenvalue weighted by molar-refractivity contribution is 7.89. The first kappa shape index (κ1) is 20.8. The highest BCUT2D eigenvalue weighted by atomic mass is 35.5. The van der Waals surface area contributed by atoms with Gasteiger partial charge in [0.1, 0.15) is 5.82 Å². The summed E-state index contributed by atoms with van der Waals surface area (Å²) in [5.74, 6) is -3.95. The number of halogens is 2. The maximum atomic E-state index is 14.5. The molecule has 1 unspecified atom stereocenters. The Kier molecular flexibility index (Phi) is 5.38. The lowest BCUT2D eigenvalue weighted by Gasteiger charge is -2.24. The molecule has 10 heteroatoms.